The average molecular weight is 313 g/mol. The summed E-state index contributed by atoms with van der Waals surface area (Å²) in [6, 6.07) is 0.879. The molecule has 1 aromatic rings. The van der Waals surface area contributed by atoms with Crippen LogP contribution < -0.4 is 4.90 Å². The van der Waals surface area contributed by atoms with Crippen molar-refractivity contribution in [1.29, 1.82) is 0 Å². The molecule has 0 radical (unpaired) electrons. The lowest BCUT2D eigenvalue weighted by Gasteiger charge is -2.20. The number of urea groups is 1. The molecule has 0 aromatic carbocycles. The van der Waals surface area contributed by atoms with Gasteiger partial charge in [0, 0.05) is 18.5 Å². The number of anilines is 1. The Hall–Kier alpha value is -1.70. The third-order valence-electron chi connectivity index (χ3n) is 3.53. The van der Waals surface area contributed by atoms with Gasteiger partial charge in [-0.15, -0.1) is 0 Å². The zero-order valence-corrected chi connectivity index (χ0v) is 13.3. The van der Waals surface area contributed by atoms with Gasteiger partial charge >= 0.3 is 12.0 Å². The van der Waals surface area contributed by atoms with Crippen LogP contribution in [-0.4, -0.2) is 52.0 Å². The van der Waals surface area contributed by atoms with Crippen molar-refractivity contribution in [2.45, 2.75) is 37.5 Å². The molecule has 2 rings (SSSR count). The van der Waals surface area contributed by atoms with Gasteiger partial charge < -0.3 is 14.5 Å². The Morgan fingerprint density at radius 3 is 2.67 bits per heavy atom. The maximum Gasteiger partial charge on any atom is 0.325 e. The summed E-state index contributed by atoms with van der Waals surface area (Å²) in [5, 5.41) is 12.0. The summed E-state index contributed by atoms with van der Waals surface area (Å²) in [5.74, 6) is 0.00243. The van der Waals surface area contributed by atoms with Crippen molar-refractivity contribution in [1.82, 2.24) is 10.1 Å². The van der Waals surface area contributed by atoms with Crippen LogP contribution >= 0.6 is 12.6 Å². The van der Waals surface area contributed by atoms with Crippen molar-refractivity contribution < 1.29 is 19.2 Å². The molecule has 0 aliphatic carbocycles. The third kappa shape index (κ3) is 2.85. The number of amides is 2. The summed E-state index contributed by atoms with van der Waals surface area (Å²) in [7, 11) is 1.56. The minimum Gasteiger partial charge on any atom is -0.480 e. The summed E-state index contributed by atoms with van der Waals surface area (Å²) in [5.41, 5.74) is -0.216. The van der Waals surface area contributed by atoms with E-state index in [-0.39, 0.29) is 18.0 Å². The number of carboxylic acids is 1. The Morgan fingerprint density at radius 2 is 2.19 bits per heavy atom. The standard InChI is InChI=1S/C13H19N3O4S/c1-13(2,3)8-5-9(14-20-8)16-6-7(10(21)11(17)18)15(4)12(16)19/h5,7,10,21H,6H2,1-4H3,(H,17,18). The molecule has 1 N–H and O–H groups in total. The van der Waals surface area contributed by atoms with Crippen molar-refractivity contribution in [3.63, 3.8) is 0 Å². The van der Waals surface area contributed by atoms with Crippen molar-refractivity contribution in [3.8, 4) is 0 Å². The number of nitrogens with zero attached hydrogens (tertiary/aromatic N) is 3. The molecule has 7 nitrogen and oxygen atoms in total. The van der Waals surface area contributed by atoms with E-state index in [9.17, 15) is 9.59 Å². The van der Waals surface area contributed by atoms with Crippen LogP contribution in [0.4, 0.5) is 10.6 Å². The van der Waals surface area contributed by atoms with Crippen LogP contribution in [0.1, 0.15) is 26.5 Å². The van der Waals surface area contributed by atoms with Crippen molar-refractivity contribution in [2.75, 3.05) is 18.5 Å². The molecule has 0 spiro atoms. The Kier molecular flexibility index (Phi) is 3.92. The molecule has 8 heteroatoms. The van der Waals surface area contributed by atoms with E-state index in [4.69, 9.17) is 9.63 Å². The van der Waals surface area contributed by atoms with E-state index in [2.05, 4.69) is 17.8 Å². The minimum atomic E-state index is -1.06. The Balaban J connectivity index is 2.24. The zero-order valence-electron chi connectivity index (χ0n) is 12.4. The van der Waals surface area contributed by atoms with Crippen LogP contribution in [0.2, 0.25) is 0 Å². The first kappa shape index (κ1) is 15.7. The van der Waals surface area contributed by atoms with Gasteiger partial charge in [-0.25, -0.2) is 4.79 Å². The predicted molar refractivity (Wildman–Crippen MR) is 79.9 cm³/mol. The molecule has 1 saturated heterocycles. The molecule has 1 aliphatic rings. The Bertz CT molecular complexity index is 566. The number of aliphatic carboxylic acids is 1. The highest BCUT2D eigenvalue weighted by Crippen LogP contribution is 2.29. The second kappa shape index (κ2) is 5.25. The highest BCUT2D eigenvalue weighted by molar-refractivity contribution is 7.81. The second-order valence-electron chi connectivity index (χ2n) is 6.15. The monoisotopic (exact) mass is 313 g/mol. The number of hydrogen-bond donors (Lipinski definition) is 2. The van der Waals surface area contributed by atoms with Crippen LogP contribution in [-0.2, 0) is 10.2 Å². The van der Waals surface area contributed by atoms with Crippen LogP contribution in [0.5, 0.6) is 0 Å². The summed E-state index contributed by atoms with van der Waals surface area (Å²) < 4.78 is 5.27. The van der Waals surface area contributed by atoms with Gasteiger partial charge in [-0.2, -0.15) is 12.6 Å². The number of carboxylic acid groups (broad SMARTS) is 1. The van der Waals surface area contributed by atoms with Gasteiger partial charge in [-0.3, -0.25) is 9.69 Å². The van der Waals surface area contributed by atoms with Gasteiger partial charge in [0.15, 0.2) is 5.82 Å². The molecule has 2 amide bonds. The molecule has 1 fully saturated rings. The lowest BCUT2D eigenvalue weighted by molar-refractivity contribution is -0.137. The maximum absolute atomic E-state index is 12.2. The summed E-state index contributed by atoms with van der Waals surface area (Å²) >= 11 is 4.06. The largest absolute Gasteiger partial charge is 0.480 e. The molecule has 1 aromatic heterocycles. The van der Waals surface area contributed by atoms with E-state index < -0.39 is 17.3 Å². The van der Waals surface area contributed by atoms with Crippen molar-refractivity contribution in [3.05, 3.63) is 11.8 Å². The number of rotatable bonds is 3. The van der Waals surface area contributed by atoms with Gasteiger partial charge in [0.25, 0.3) is 0 Å². The lowest BCUT2D eigenvalue weighted by Crippen LogP contribution is -2.40. The molecule has 0 bridgehead atoms. The van der Waals surface area contributed by atoms with Gasteiger partial charge in [-0.1, -0.05) is 25.9 Å². The fourth-order valence-electron chi connectivity index (χ4n) is 2.13. The van der Waals surface area contributed by atoms with Gasteiger partial charge in [-0.05, 0) is 0 Å². The molecule has 0 saturated carbocycles. The van der Waals surface area contributed by atoms with Crippen molar-refractivity contribution in [2.24, 2.45) is 0 Å². The van der Waals surface area contributed by atoms with Crippen LogP contribution in [0.15, 0.2) is 10.6 Å². The first-order valence-electron chi connectivity index (χ1n) is 6.55. The molecule has 2 unspecified atom stereocenters. The first-order valence-corrected chi connectivity index (χ1v) is 7.07. The Morgan fingerprint density at radius 1 is 1.57 bits per heavy atom. The second-order valence-corrected chi connectivity index (χ2v) is 6.71. The highest BCUT2D eigenvalue weighted by atomic mass is 32.1. The molecule has 1 aliphatic heterocycles. The van der Waals surface area contributed by atoms with E-state index in [1.54, 1.807) is 13.1 Å². The predicted octanol–water partition coefficient (Wildman–Crippen LogP) is 1.60. The molecule has 2 atom stereocenters. The molecule has 2 heterocycles. The summed E-state index contributed by atoms with van der Waals surface area (Å²) in [6.07, 6.45) is 0. The third-order valence-corrected chi connectivity index (χ3v) is 4.10. The molecule has 21 heavy (non-hydrogen) atoms. The van der Waals surface area contributed by atoms with Crippen LogP contribution in [0.3, 0.4) is 0 Å². The van der Waals surface area contributed by atoms with E-state index in [0.29, 0.717) is 11.6 Å². The van der Waals surface area contributed by atoms with Gasteiger partial charge in [0.2, 0.25) is 0 Å². The maximum atomic E-state index is 12.2. The summed E-state index contributed by atoms with van der Waals surface area (Å²) in [4.78, 5) is 26.1. The number of aromatic nitrogens is 1. The number of thiol groups is 1. The van der Waals surface area contributed by atoms with Gasteiger partial charge in [0.05, 0.1) is 12.6 Å². The molecular formula is C13H19N3O4S. The van der Waals surface area contributed by atoms with Crippen LogP contribution in [0, 0.1) is 0 Å². The minimum absolute atomic E-state index is 0.214. The number of likely N-dealkylation sites (N-methyl/N-ethyl adjacent to an activating group) is 1. The van der Waals surface area contributed by atoms with Crippen LogP contribution in [0.25, 0.3) is 0 Å². The van der Waals surface area contributed by atoms with Crippen molar-refractivity contribution >= 4 is 30.4 Å². The number of carbonyl (C=O) groups is 2. The van der Waals surface area contributed by atoms with E-state index >= 15 is 0 Å². The lowest BCUT2D eigenvalue weighted by atomic mass is 9.93. The smallest absolute Gasteiger partial charge is 0.325 e. The van der Waals surface area contributed by atoms with Gasteiger partial charge in [0.1, 0.15) is 11.0 Å². The SMILES string of the molecule is CN1C(=O)N(c2cc(C(C)(C)C)on2)CC1C(S)C(=O)O. The number of carbonyl (C=O) groups excluding carboxylic acids is 1. The fourth-order valence-corrected chi connectivity index (χ4v) is 2.43. The quantitative estimate of drug-likeness (QED) is 0.828. The van der Waals surface area contributed by atoms with E-state index in [0.717, 1.165) is 0 Å². The average Bonchev–Trinajstić information content (AvgIpc) is 2.95. The normalized spacial score (nSPS) is 21.0. The van der Waals surface area contributed by atoms with E-state index in [1.807, 2.05) is 20.8 Å². The summed E-state index contributed by atoms with van der Waals surface area (Å²) in [6.45, 7) is 6.15. The van der Waals surface area contributed by atoms with E-state index in [1.165, 1.54) is 9.80 Å². The molecular weight excluding hydrogens is 294 g/mol. The highest BCUT2D eigenvalue weighted by Gasteiger charge is 2.42. The number of hydrogen-bond acceptors (Lipinski definition) is 5. The topological polar surface area (TPSA) is 86.9 Å². The molecule has 116 valence electrons. The first-order chi connectivity index (χ1) is 9.62. The zero-order chi connectivity index (χ0) is 15.9. The Labute approximate surface area is 128 Å². The fraction of sp³-hybridized carbons (Fsp3) is 0.615.